The highest BCUT2D eigenvalue weighted by molar-refractivity contribution is 7.13. The quantitative estimate of drug-likeness (QED) is 0.875. The maximum Gasteiger partial charge on any atom is 0.260 e. The molecule has 2 amide bonds. The minimum absolute atomic E-state index is 0. The van der Waals surface area contributed by atoms with Gasteiger partial charge >= 0.3 is 0 Å². The van der Waals surface area contributed by atoms with Crippen LogP contribution in [0, 0.1) is 0 Å². The zero-order valence-electron chi connectivity index (χ0n) is 9.80. The van der Waals surface area contributed by atoms with Crippen LogP contribution in [0.1, 0.15) is 27.5 Å². The van der Waals surface area contributed by atoms with Crippen LogP contribution in [0.15, 0.2) is 6.20 Å². The lowest BCUT2D eigenvalue weighted by atomic mass is 10.2. The lowest BCUT2D eigenvalue weighted by molar-refractivity contribution is -0.128. The predicted octanol–water partition coefficient (Wildman–Crippen LogP) is 1.07. The Balaban J connectivity index is 0.00000256. The Kier molecular flexibility index (Phi) is 6.75. The summed E-state index contributed by atoms with van der Waals surface area (Å²) in [4.78, 5) is 28.2. The Bertz CT molecular complexity index is 393. The smallest absolute Gasteiger partial charge is 0.260 e. The van der Waals surface area contributed by atoms with E-state index in [1.54, 1.807) is 19.0 Å². The molecule has 0 bridgehead atoms. The van der Waals surface area contributed by atoms with Crippen molar-refractivity contribution in [2.24, 2.45) is 5.73 Å². The van der Waals surface area contributed by atoms with E-state index in [1.807, 2.05) is 0 Å². The Morgan fingerprint density at radius 2 is 2.12 bits per heavy atom. The van der Waals surface area contributed by atoms with Crippen molar-refractivity contribution in [3.8, 4) is 0 Å². The molecule has 2 N–H and O–H groups in total. The van der Waals surface area contributed by atoms with E-state index in [0.717, 1.165) is 11.4 Å². The molecule has 0 radical (unpaired) electrons. The summed E-state index contributed by atoms with van der Waals surface area (Å²) in [7, 11) is 3.47. The van der Waals surface area contributed by atoms with Crippen LogP contribution in [0.25, 0.3) is 0 Å². The summed E-state index contributed by atoms with van der Waals surface area (Å²) in [5.74, 6) is -0.347. The highest BCUT2D eigenvalue weighted by atomic mass is 35.5. The van der Waals surface area contributed by atoms with E-state index in [4.69, 9.17) is 5.73 Å². The molecule has 0 spiro atoms. The standard InChI is InChI=1S/C10H15N3O2S.ClH/c1-13(2)9(14)5-3-4-8-12-6-7(16-8)10(11)15;/h6H,3-5H2,1-2H3,(H2,11,15);1H. The maximum atomic E-state index is 11.3. The van der Waals surface area contributed by atoms with Gasteiger partial charge < -0.3 is 10.6 Å². The fourth-order valence-electron chi connectivity index (χ4n) is 1.15. The Morgan fingerprint density at radius 1 is 1.47 bits per heavy atom. The third-order valence-corrected chi connectivity index (χ3v) is 3.15. The van der Waals surface area contributed by atoms with Crippen molar-refractivity contribution in [3.05, 3.63) is 16.1 Å². The molecule has 0 atom stereocenters. The molecule has 17 heavy (non-hydrogen) atoms. The average Bonchev–Trinajstić information content (AvgIpc) is 2.66. The van der Waals surface area contributed by atoms with Crippen molar-refractivity contribution in [2.45, 2.75) is 19.3 Å². The number of nitrogens with zero attached hydrogens (tertiary/aromatic N) is 2. The topological polar surface area (TPSA) is 76.3 Å². The monoisotopic (exact) mass is 277 g/mol. The van der Waals surface area contributed by atoms with Gasteiger partial charge in [0.05, 0.1) is 11.2 Å². The van der Waals surface area contributed by atoms with E-state index in [2.05, 4.69) is 4.98 Å². The van der Waals surface area contributed by atoms with Gasteiger partial charge in [0.15, 0.2) is 0 Å². The number of primary amides is 1. The van der Waals surface area contributed by atoms with Gasteiger partial charge in [0, 0.05) is 20.5 Å². The summed E-state index contributed by atoms with van der Waals surface area (Å²) < 4.78 is 0. The largest absolute Gasteiger partial charge is 0.365 e. The second kappa shape index (κ2) is 7.24. The van der Waals surface area contributed by atoms with E-state index in [9.17, 15) is 9.59 Å². The lowest BCUT2D eigenvalue weighted by Gasteiger charge is -2.08. The lowest BCUT2D eigenvalue weighted by Crippen LogP contribution is -2.21. The average molecular weight is 278 g/mol. The first kappa shape index (κ1) is 15.9. The first-order valence-corrected chi connectivity index (χ1v) is 5.77. The molecular formula is C10H16ClN3O2S. The molecule has 5 nitrogen and oxygen atoms in total. The first-order valence-electron chi connectivity index (χ1n) is 4.95. The molecule has 0 aliphatic carbocycles. The fourth-order valence-corrected chi connectivity index (χ4v) is 1.97. The van der Waals surface area contributed by atoms with Crippen LogP contribution in [-0.2, 0) is 11.2 Å². The number of thiazole rings is 1. The van der Waals surface area contributed by atoms with Crippen LogP contribution in [-0.4, -0.2) is 35.8 Å². The van der Waals surface area contributed by atoms with Crippen LogP contribution in [0.5, 0.6) is 0 Å². The number of rotatable bonds is 5. The number of amides is 2. The van der Waals surface area contributed by atoms with Crippen LogP contribution in [0.4, 0.5) is 0 Å². The number of hydrogen-bond acceptors (Lipinski definition) is 4. The molecule has 0 aromatic carbocycles. The normalized spacial score (nSPS) is 9.53. The number of carbonyl (C=O) groups is 2. The van der Waals surface area contributed by atoms with Crippen molar-refractivity contribution in [3.63, 3.8) is 0 Å². The highest BCUT2D eigenvalue weighted by Crippen LogP contribution is 2.14. The molecule has 0 aliphatic heterocycles. The van der Waals surface area contributed by atoms with E-state index >= 15 is 0 Å². The summed E-state index contributed by atoms with van der Waals surface area (Å²) in [5, 5.41) is 0.848. The fraction of sp³-hybridized carbons (Fsp3) is 0.500. The number of halogens is 1. The highest BCUT2D eigenvalue weighted by Gasteiger charge is 2.08. The summed E-state index contributed by atoms with van der Waals surface area (Å²) in [6, 6.07) is 0. The van der Waals surface area contributed by atoms with Crippen molar-refractivity contribution in [1.29, 1.82) is 0 Å². The molecule has 0 saturated heterocycles. The van der Waals surface area contributed by atoms with Gasteiger partial charge in [-0.1, -0.05) is 0 Å². The third kappa shape index (κ3) is 5.14. The van der Waals surface area contributed by atoms with Gasteiger partial charge in [0.25, 0.3) is 5.91 Å². The molecule has 0 fully saturated rings. The summed E-state index contributed by atoms with van der Waals surface area (Å²) in [6.07, 6.45) is 3.43. The summed E-state index contributed by atoms with van der Waals surface area (Å²) in [5.41, 5.74) is 5.11. The zero-order chi connectivity index (χ0) is 12.1. The number of carbonyl (C=O) groups excluding carboxylic acids is 2. The predicted molar refractivity (Wildman–Crippen MR) is 69.5 cm³/mol. The van der Waals surface area contributed by atoms with Gasteiger partial charge in [-0.05, 0) is 12.8 Å². The molecule has 1 aromatic rings. The van der Waals surface area contributed by atoms with Crippen molar-refractivity contribution < 1.29 is 9.59 Å². The second-order valence-corrected chi connectivity index (χ2v) is 4.74. The van der Waals surface area contributed by atoms with Gasteiger partial charge in [-0.15, -0.1) is 23.7 Å². The van der Waals surface area contributed by atoms with Gasteiger partial charge in [0.2, 0.25) is 5.91 Å². The molecule has 1 aromatic heterocycles. The van der Waals surface area contributed by atoms with Crippen LogP contribution in [0.3, 0.4) is 0 Å². The minimum Gasteiger partial charge on any atom is -0.365 e. The molecule has 0 unspecified atom stereocenters. The molecule has 1 heterocycles. The van der Waals surface area contributed by atoms with Gasteiger partial charge in [-0.25, -0.2) is 4.98 Å². The zero-order valence-corrected chi connectivity index (χ0v) is 11.4. The molecule has 1 rings (SSSR count). The van der Waals surface area contributed by atoms with Crippen molar-refractivity contribution in [2.75, 3.05) is 14.1 Å². The summed E-state index contributed by atoms with van der Waals surface area (Å²) in [6.45, 7) is 0. The first-order chi connectivity index (χ1) is 7.50. The van der Waals surface area contributed by atoms with Crippen LogP contribution in [0.2, 0.25) is 0 Å². The molecule has 0 saturated carbocycles. The van der Waals surface area contributed by atoms with Crippen LogP contribution >= 0.6 is 23.7 Å². The minimum atomic E-state index is -0.451. The second-order valence-electron chi connectivity index (χ2n) is 3.62. The van der Waals surface area contributed by atoms with Crippen molar-refractivity contribution >= 4 is 35.6 Å². The maximum absolute atomic E-state index is 11.3. The molecule has 7 heteroatoms. The number of hydrogen-bond donors (Lipinski definition) is 1. The van der Waals surface area contributed by atoms with Gasteiger partial charge in [0.1, 0.15) is 4.88 Å². The van der Waals surface area contributed by atoms with E-state index in [0.29, 0.717) is 17.7 Å². The van der Waals surface area contributed by atoms with Crippen molar-refractivity contribution in [1.82, 2.24) is 9.88 Å². The van der Waals surface area contributed by atoms with Gasteiger partial charge in [-0.3, -0.25) is 9.59 Å². The molecular weight excluding hydrogens is 262 g/mol. The van der Waals surface area contributed by atoms with E-state index in [-0.39, 0.29) is 18.3 Å². The Hall–Kier alpha value is -1.14. The number of aromatic nitrogens is 1. The molecule has 96 valence electrons. The summed E-state index contributed by atoms with van der Waals surface area (Å²) >= 11 is 1.29. The number of nitrogens with two attached hydrogens (primary N) is 1. The Morgan fingerprint density at radius 3 is 2.59 bits per heavy atom. The SMILES string of the molecule is CN(C)C(=O)CCCc1ncc(C(N)=O)s1.Cl. The van der Waals surface area contributed by atoms with Gasteiger partial charge in [-0.2, -0.15) is 0 Å². The number of aryl methyl sites for hydroxylation is 1. The van der Waals surface area contributed by atoms with Crippen LogP contribution < -0.4 is 5.73 Å². The van der Waals surface area contributed by atoms with E-state index < -0.39 is 5.91 Å². The third-order valence-electron chi connectivity index (χ3n) is 2.08. The van der Waals surface area contributed by atoms with E-state index in [1.165, 1.54) is 17.5 Å². The molecule has 0 aliphatic rings. The Labute approximate surface area is 110 Å².